The van der Waals surface area contributed by atoms with E-state index in [-0.39, 0.29) is 5.97 Å². The van der Waals surface area contributed by atoms with Gasteiger partial charge in [0.15, 0.2) is 5.11 Å². The molecule has 0 bridgehead atoms. The SMILES string of the molecule is COC(=O)c1c(NC(=S)Nc2ncn(Cc3ccccc3Cl)n2)sc2c1CCCCCC2. The van der Waals surface area contributed by atoms with Crippen LogP contribution in [0, 0.1) is 0 Å². The number of aromatic nitrogens is 3. The summed E-state index contributed by atoms with van der Waals surface area (Å²) in [5.74, 6) is 0.0274. The standard InChI is InChI=1S/C22H24ClN5O2S2/c1-30-20(29)18-15-9-4-2-3-5-11-17(15)32-19(18)25-22(31)26-21-24-13-28(27-21)12-14-8-6-7-10-16(14)23/h6-8,10,13H,2-5,9,11-12H2,1H3,(H2,25,26,27,31). The molecule has 2 aromatic heterocycles. The Balaban J connectivity index is 1.47. The Bertz CT molecular complexity index is 1130. The second kappa shape index (κ2) is 10.4. The minimum atomic E-state index is -0.337. The molecule has 0 radical (unpaired) electrons. The Morgan fingerprint density at radius 3 is 2.78 bits per heavy atom. The topological polar surface area (TPSA) is 81.1 Å². The van der Waals surface area contributed by atoms with Gasteiger partial charge in [-0.05, 0) is 55.1 Å². The molecule has 0 fully saturated rings. The first-order valence-corrected chi connectivity index (χ1v) is 12.1. The van der Waals surface area contributed by atoms with E-state index >= 15 is 0 Å². The summed E-state index contributed by atoms with van der Waals surface area (Å²) in [5.41, 5.74) is 2.63. The van der Waals surface area contributed by atoms with Crippen LogP contribution >= 0.6 is 35.2 Å². The maximum atomic E-state index is 12.6. The Morgan fingerprint density at radius 2 is 2.00 bits per heavy atom. The molecule has 0 saturated carbocycles. The number of benzene rings is 1. The number of carbonyl (C=O) groups is 1. The molecule has 3 aromatic rings. The van der Waals surface area contributed by atoms with Crippen molar-refractivity contribution in [1.82, 2.24) is 14.8 Å². The van der Waals surface area contributed by atoms with Crippen LogP contribution in [-0.2, 0) is 24.1 Å². The van der Waals surface area contributed by atoms with Gasteiger partial charge in [0.25, 0.3) is 0 Å². The minimum Gasteiger partial charge on any atom is -0.465 e. The Kier molecular flexibility index (Phi) is 7.39. The zero-order valence-corrected chi connectivity index (χ0v) is 20.1. The summed E-state index contributed by atoms with van der Waals surface area (Å²) in [6.07, 6.45) is 8.07. The van der Waals surface area contributed by atoms with Crippen molar-refractivity contribution in [3.63, 3.8) is 0 Å². The monoisotopic (exact) mass is 489 g/mol. The molecule has 0 amide bonds. The first kappa shape index (κ1) is 22.7. The van der Waals surface area contributed by atoms with E-state index in [9.17, 15) is 4.79 Å². The lowest BCUT2D eigenvalue weighted by Crippen LogP contribution is -2.21. The summed E-state index contributed by atoms with van der Waals surface area (Å²) in [6.45, 7) is 0.499. The van der Waals surface area contributed by atoms with Gasteiger partial charge in [-0.25, -0.2) is 14.5 Å². The Hall–Kier alpha value is -2.49. The number of fused-ring (bicyclic) bond motifs is 1. The van der Waals surface area contributed by atoms with E-state index in [1.165, 1.54) is 24.8 Å². The van der Waals surface area contributed by atoms with Gasteiger partial charge in [0.05, 0.1) is 19.2 Å². The number of carbonyl (C=O) groups excluding carboxylic acids is 1. The second-order valence-electron chi connectivity index (χ2n) is 7.55. The molecule has 10 heteroatoms. The molecule has 1 aliphatic rings. The van der Waals surface area contributed by atoms with Crippen LogP contribution in [0.4, 0.5) is 10.9 Å². The summed E-state index contributed by atoms with van der Waals surface area (Å²) < 4.78 is 6.75. The van der Waals surface area contributed by atoms with E-state index in [1.807, 2.05) is 24.3 Å². The van der Waals surface area contributed by atoms with Crippen molar-refractivity contribution in [2.45, 2.75) is 45.1 Å². The zero-order chi connectivity index (χ0) is 22.5. The average molecular weight is 490 g/mol. The van der Waals surface area contributed by atoms with Crippen LogP contribution in [0.5, 0.6) is 0 Å². The van der Waals surface area contributed by atoms with Crippen LogP contribution in [0.15, 0.2) is 30.6 Å². The van der Waals surface area contributed by atoms with Gasteiger partial charge in [-0.2, -0.15) is 0 Å². The average Bonchev–Trinajstić information content (AvgIpc) is 3.33. The fraction of sp³-hybridized carbons (Fsp3) is 0.364. The lowest BCUT2D eigenvalue weighted by Gasteiger charge is -2.11. The van der Waals surface area contributed by atoms with Gasteiger partial charge in [-0.1, -0.05) is 42.6 Å². The third-order valence-electron chi connectivity index (χ3n) is 5.34. The molecule has 1 aromatic carbocycles. The van der Waals surface area contributed by atoms with E-state index in [1.54, 1.807) is 22.3 Å². The lowest BCUT2D eigenvalue weighted by molar-refractivity contribution is 0.0601. The molecule has 2 heterocycles. The molecule has 168 valence electrons. The zero-order valence-electron chi connectivity index (χ0n) is 17.7. The van der Waals surface area contributed by atoms with E-state index in [0.29, 0.717) is 33.2 Å². The normalized spacial score (nSPS) is 13.6. The summed E-state index contributed by atoms with van der Waals surface area (Å²) >= 11 is 13.3. The van der Waals surface area contributed by atoms with Crippen molar-refractivity contribution >= 4 is 57.2 Å². The van der Waals surface area contributed by atoms with Gasteiger partial charge in [0, 0.05) is 9.90 Å². The van der Waals surface area contributed by atoms with Crippen LogP contribution in [0.1, 0.15) is 52.0 Å². The number of anilines is 2. The van der Waals surface area contributed by atoms with Crippen LogP contribution in [-0.4, -0.2) is 33.0 Å². The highest BCUT2D eigenvalue weighted by molar-refractivity contribution is 7.80. The quantitative estimate of drug-likeness (QED) is 0.372. The summed E-state index contributed by atoms with van der Waals surface area (Å²) in [6, 6.07) is 7.61. The van der Waals surface area contributed by atoms with Crippen LogP contribution in [0.2, 0.25) is 5.02 Å². The van der Waals surface area contributed by atoms with Crippen molar-refractivity contribution in [3.8, 4) is 0 Å². The van der Waals surface area contributed by atoms with Gasteiger partial charge in [-0.15, -0.1) is 16.4 Å². The molecule has 2 N–H and O–H groups in total. The third kappa shape index (κ3) is 5.28. The number of thiophene rings is 1. The first-order chi connectivity index (χ1) is 15.5. The number of esters is 1. The van der Waals surface area contributed by atoms with Crippen molar-refractivity contribution in [1.29, 1.82) is 0 Å². The van der Waals surface area contributed by atoms with Gasteiger partial charge >= 0.3 is 5.97 Å². The Morgan fingerprint density at radius 1 is 1.22 bits per heavy atom. The third-order valence-corrected chi connectivity index (χ3v) is 7.12. The number of thiocarbonyl (C=S) groups is 1. The van der Waals surface area contributed by atoms with E-state index < -0.39 is 0 Å². The number of hydrogen-bond donors (Lipinski definition) is 2. The molecule has 0 unspecified atom stereocenters. The largest absolute Gasteiger partial charge is 0.465 e. The smallest absolute Gasteiger partial charge is 0.341 e. The van der Waals surface area contributed by atoms with Crippen molar-refractivity contribution in [3.05, 3.63) is 57.2 Å². The molecular weight excluding hydrogens is 466 g/mol. The molecule has 7 nitrogen and oxygen atoms in total. The molecule has 0 atom stereocenters. The molecule has 0 aliphatic heterocycles. The Labute approximate surface area is 201 Å². The van der Waals surface area contributed by atoms with Crippen molar-refractivity contribution in [2.75, 3.05) is 17.7 Å². The number of rotatable bonds is 5. The van der Waals surface area contributed by atoms with Crippen LogP contribution in [0.3, 0.4) is 0 Å². The highest BCUT2D eigenvalue weighted by Crippen LogP contribution is 2.37. The highest BCUT2D eigenvalue weighted by atomic mass is 35.5. The fourth-order valence-electron chi connectivity index (χ4n) is 3.79. The van der Waals surface area contributed by atoms with Crippen LogP contribution in [0.25, 0.3) is 0 Å². The molecule has 32 heavy (non-hydrogen) atoms. The van der Waals surface area contributed by atoms with Crippen molar-refractivity contribution in [2.24, 2.45) is 0 Å². The maximum Gasteiger partial charge on any atom is 0.341 e. The predicted molar refractivity (Wildman–Crippen MR) is 132 cm³/mol. The van der Waals surface area contributed by atoms with Gasteiger partial charge in [-0.3, -0.25) is 5.32 Å². The van der Waals surface area contributed by atoms with Gasteiger partial charge in [0.1, 0.15) is 11.3 Å². The number of halogens is 1. The molecule has 4 rings (SSSR count). The minimum absolute atomic E-state index is 0.319. The van der Waals surface area contributed by atoms with Crippen molar-refractivity contribution < 1.29 is 9.53 Å². The number of aryl methyl sites for hydroxylation is 1. The summed E-state index contributed by atoms with van der Waals surface area (Å²) in [4.78, 5) is 18.1. The number of nitrogens with one attached hydrogen (secondary N) is 2. The lowest BCUT2D eigenvalue weighted by atomic mass is 9.96. The van der Waals surface area contributed by atoms with Gasteiger partial charge < -0.3 is 10.1 Å². The maximum absolute atomic E-state index is 12.6. The van der Waals surface area contributed by atoms with Crippen LogP contribution < -0.4 is 10.6 Å². The van der Waals surface area contributed by atoms with E-state index in [4.69, 9.17) is 28.6 Å². The summed E-state index contributed by atoms with van der Waals surface area (Å²) in [7, 11) is 1.41. The molecule has 0 spiro atoms. The van der Waals surface area contributed by atoms with Gasteiger partial charge in [0.2, 0.25) is 5.95 Å². The highest BCUT2D eigenvalue weighted by Gasteiger charge is 2.25. The molecule has 1 aliphatic carbocycles. The first-order valence-electron chi connectivity index (χ1n) is 10.5. The number of methoxy groups -OCH3 is 1. The van der Waals surface area contributed by atoms with E-state index in [0.717, 1.165) is 36.8 Å². The second-order valence-corrected chi connectivity index (χ2v) is 9.47. The number of ether oxygens (including phenoxy) is 1. The number of nitrogens with zero attached hydrogens (tertiary/aromatic N) is 3. The molecule has 0 saturated heterocycles. The van der Waals surface area contributed by atoms with E-state index in [2.05, 4.69) is 20.7 Å². The predicted octanol–water partition coefficient (Wildman–Crippen LogP) is 5.30. The molecular formula is C22H24ClN5O2S2. The summed E-state index contributed by atoms with van der Waals surface area (Å²) in [5, 5.41) is 12.3. The fourth-order valence-corrected chi connectivity index (χ4v) is 5.53. The number of hydrogen-bond acceptors (Lipinski definition) is 6.